The Bertz CT molecular complexity index is 867. The molecule has 0 spiro atoms. The van der Waals surface area contributed by atoms with Gasteiger partial charge in [-0.05, 0) is 50.2 Å². The molecular formula is C21H24ClN3O. The van der Waals surface area contributed by atoms with Gasteiger partial charge in [-0.25, -0.2) is 0 Å². The van der Waals surface area contributed by atoms with Gasteiger partial charge >= 0.3 is 0 Å². The Labute approximate surface area is 160 Å². The third-order valence-electron chi connectivity index (χ3n) is 4.39. The van der Waals surface area contributed by atoms with E-state index in [0.717, 1.165) is 30.0 Å². The number of rotatable bonds is 6. The predicted octanol–water partition coefficient (Wildman–Crippen LogP) is 5.57. The number of anilines is 2. The van der Waals surface area contributed by atoms with Crippen LogP contribution in [-0.4, -0.2) is 32.2 Å². The normalized spacial score (nSPS) is 10.8. The average Bonchev–Trinajstić information content (AvgIpc) is 3.09. The van der Waals surface area contributed by atoms with E-state index in [4.69, 9.17) is 21.0 Å². The van der Waals surface area contributed by atoms with E-state index in [1.807, 2.05) is 43.3 Å². The van der Waals surface area contributed by atoms with Crippen molar-refractivity contribution in [3.8, 4) is 22.8 Å². The molecular weight excluding hydrogens is 346 g/mol. The van der Waals surface area contributed by atoms with E-state index < -0.39 is 0 Å². The second-order valence-corrected chi connectivity index (χ2v) is 6.67. The first-order valence-electron chi connectivity index (χ1n) is 8.83. The highest BCUT2D eigenvalue weighted by Crippen LogP contribution is 2.38. The highest BCUT2D eigenvalue weighted by molar-refractivity contribution is 6.33. The fourth-order valence-corrected chi connectivity index (χ4v) is 3.18. The molecule has 0 aliphatic heterocycles. The molecule has 1 aromatic heterocycles. The molecule has 3 aromatic rings. The lowest BCUT2D eigenvalue weighted by Crippen LogP contribution is -2.21. The van der Waals surface area contributed by atoms with Crippen LogP contribution in [0, 0.1) is 0 Å². The van der Waals surface area contributed by atoms with Gasteiger partial charge in [0, 0.05) is 44.0 Å². The lowest BCUT2D eigenvalue weighted by molar-refractivity contribution is 0.589. The Morgan fingerprint density at radius 3 is 2.19 bits per heavy atom. The minimum absolute atomic E-state index is 0.592. The summed E-state index contributed by atoms with van der Waals surface area (Å²) in [5, 5.41) is 0.648. The van der Waals surface area contributed by atoms with Gasteiger partial charge in [-0.3, -0.25) is 0 Å². The lowest BCUT2D eigenvalue weighted by atomic mass is 10.2. The van der Waals surface area contributed by atoms with E-state index in [1.54, 1.807) is 0 Å². The van der Waals surface area contributed by atoms with Crippen molar-refractivity contribution in [1.29, 1.82) is 0 Å². The Hall–Kier alpha value is -2.46. The maximum Gasteiger partial charge on any atom is 0.228 e. The van der Waals surface area contributed by atoms with Crippen molar-refractivity contribution in [2.75, 3.05) is 37.0 Å². The Kier molecular flexibility index (Phi) is 5.52. The fraction of sp³-hybridized carbons (Fsp3) is 0.286. The number of oxazole rings is 1. The largest absolute Gasteiger partial charge is 0.434 e. The molecule has 0 unspecified atom stereocenters. The Morgan fingerprint density at radius 2 is 1.62 bits per heavy atom. The van der Waals surface area contributed by atoms with Crippen LogP contribution in [-0.2, 0) is 0 Å². The van der Waals surface area contributed by atoms with Gasteiger partial charge in [-0.15, -0.1) is 0 Å². The second kappa shape index (κ2) is 7.83. The topological polar surface area (TPSA) is 32.5 Å². The zero-order valence-corrected chi connectivity index (χ0v) is 16.4. The van der Waals surface area contributed by atoms with Crippen molar-refractivity contribution in [2.45, 2.75) is 13.8 Å². The quantitative estimate of drug-likeness (QED) is 0.568. The van der Waals surface area contributed by atoms with Crippen molar-refractivity contribution < 1.29 is 4.42 Å². The first-order valence-corrected chi connectivity index (χ1v) is 9.21. The lowest BCUT2D eigenvalue weighted by Gasteiger charge is -2.20. The molecule has 0 atom stereocenters. The molecule has 4 nitrogen and oxygen atoms in total. The van der Waals surface area contributed by atoms with Crippen LogP contribution in [0.5, 0.6) is 0 Å². The van der Waals surface area contributed by atoms with Crippen LogP contribution in [0.4, 0.5) is 11.5 Å². The van der Waals surface area contributed by atoms with E-state index in [1.165, 1.54) is 5.69 Å². The standard InChI is InChI=1S/C21H24ClN3O/c1-5-25(6-2)16-13-11-15(12-14-16)21-23-20(24(3)4)19(26-21)17-9-7-8-10-18(17)22/h7-14H,5-6H2,1-4H3. The summed E-state index contributed by atoms with van der Waals surface area (Å²) in [6.45, 7) is 6.28. The van der Waals surface area contributed by atoms with E-state index in [0.29, 0.717) is 16.7 Å². The summed E-state index contributed by atoms with van der Waals surface area (Å²) >= 11 is 6.37. The SMILES string of the molecule is CCN(CC)c1ccc(-c2nc(N(C)C)c(-c3ccccc3Cl)o2)cc1. The van der Waals surface area contributed by atoms with Crippen molar-refractivity contribution in [2.24, 2.45) is 0 Å². The molecule has 2 aromatic carbocycles. The van der Waals surface area contributed by atoms with Gasteiger partial charge in [-0.2, -0.15) is 4.98 Å². The third kappa shape index (κ3) is 3.56. The minimum atomic E-state index is 0.592. The number of halogens is 1. The monoisotopic (exact) mass is 369 g/mol. The maximum absolute atomic E-state index is 6.37. The van der Waals surface area contributed by atoms with Crippen LogP contribution in [0.1, 0.15) is 13.8 Å². The summed E-state index contributed by atoms with van der Waals surface area (Å²) in [4.78, 5) is 8.95. The fourth-order valence-electron chi connectivity index (χ4n) is 2.96. The second-order valence-electron chi connectivity index (χ2n) is 6.27. The van der Waals surface area contributed by atoms with Crippen LogP contribution in [0.3, 0.4) is 0 Å². The van der Waals surface area contributed by atoms with Crippen molar-refractivity contribution >= 4 is 23.1 Å². The van der Waals surface area contributed by atoms with E-state index in [-0.39, 0.29) is 0 Å². The van der Waals surface area contributed by atoms with Gasteiger partial charge in [0.05, 0.1) is 5.02 Å². The van der Waals surface area contributed by atoms with Gasteiger partial charge in [0.1, 0.15) is 0 Å². The zero-order valence-electron chi connectivity index (χ0n) is 15.7. The zero-order chi connectivity index (χ0) is 18.7. The first-order chi connectivity index (χ1) is 12.5. The maximum atomic E-state index is 6.37. The molecule has 0 saturated heterocycles. The number of hydrogen-bond acceptors (Lipinski definition) is 4. The van der Waals surface area contributed by atoms with Crippen LogP contribution >= 0.6 is 11.6 Å². The molecule has 0 aliphatic rings. The molecule has 0 saturated carbocycles. The molecule has 0 aliphatic carbocycles. The first kappa shape index (κ1) is 18.3. The number of benzene rings is 2. The highest BCUT2D eigenvalue weighted by atomic mass is 35.5. The van der Waals surface area contributed by atoms with E-state index in [9.17, 15) is 0 Å². The summed E-state index contributed by atoms with van der Waals surface area (Å²) in [7, 11) is 3.90. The summed E-state index contributed by atoms with van der Waals surface area (Å²) in [5.41, 5.74) is 2.99. The van der Waals surface area contributed by atoms with Crippen molar-refractivity contribution in [3.63, 3.8) is 0 Å². The molecule has 3 rings (SSSR count). The van der Waals surface area contributed by atoms with E-state index in [2.05, 4.69) is 43.0 Å². The number of aromatic nitrogens is 1. The smallest absolute Gasteiger partial charge is 0.228 e. The van der Waals surface area contributed by atoms with Crippen LogP contribution in [0.15, 0.2) is 52.9 Å². The Morgan fingerprint density at radius 1 is 0.962 bits per heavy atom. The molecule has 26 heavy (non-hydrogen) atoms. The van der Waals surface area contributed by atoms with Crippen LogP contribution in [0.2, 0.25) is 5.02 Å². The number of hydrogen-bond donors (Lipinski definition) is 0. The average molecular weight is 370 g/mol. The van der Waals surface area contributed by atoms with Crippen molar-refractivity contribution in [3.05, 3.63) is 53.6 Å². The molecule has 1 heterocycles. The number of nitrogens with zero attached hydrogens (tertiary/aromatic N) is 3. The van der Waals surface area contributed by atoms with Gasteiger partial charge in [0.25, 0.3) is 0 Å². The molecule has 136 valence electrons. The van der Waals surface area contributed by atoms with Crippen LogP contribution < -0.4 is 9.80 Å². The predicted molar refractivity (Wildman–Crippen MR) is 110 cm³/mol. The van der Waals surface area contributed by atoms with Gasteiger partial charge in [0.2, 0.25) is 5.89 Å². The minimum Gasteiger partial charge on any atom is -0.434 e. The third-order valence-corrected chi connectivity index (χ3v) is 4.72. The summed E-state index contributed by atoms with van der Waals surface area (Å²) in [6, 6.07) is 16.0. The van der Waals surface area contributed by atoms with Gasteiger partial charge < -0.3 is 14.2 Å². The van der Waals surface area contributed by atoms with E-state index >= 15 is 0 Å². The molecule has 0 fully saturated rings. The molecule has 0 amide bonds. The van der Waals surface area contributed by atoms with Crippen molar-refractivity contribution in [1.82, 2.24) is 4.98 Å². The van der Waals surface area contributed by atoms with Crippen LogP contribution in [0.25, 0.3) is 22.8 Å². The molecule has 0 radical (unpaired) electrons. The Balaban J connectivity index is 2.02. The summed E-state index contributed by atoms with van der Waals surface area (Å²) < 4.78 is 6.13. The molecule has 5 heteroatoms. The molecule has 0 bridgehead atoms. The van der Waals surface area contributed by atoms with Gasteiger partial charge in [-0.1, -0.05) is 23.7 Å². The van der Waals surface area contributed by atoms with Gasteiger partial charge in [0.15, 0.2) is 11.6 Å². The highest BCUT2D eigenvalue weighted by Gasteiger charge is 2.19. The summed E-state index contributed by atoms with van der Waals surface area (Å²) in [5.74, 6) is 2.04. The molecule has 0 N–H and O–H groups in total. The summed E-state index contributed by atoms with van der Waals surface area (Å²) in [6.07, 6.45) is 0.